The number of fused-ring (bicyclic) bond motifs is 12. The number of nitrogens with one attached hydrogen (secondary N) is 8. The topological polar surface area (TPSA) is 451 Å². The summed E-state index contributed by atoms with van der Waals surface area (Å²) in [5, 5.41) is 22.8. The number of benzene rings is 6. The average molecular weight is 1850 g/mol. The zero-order chi connectivity index (χ0) is 96.2. The zero-order valence-corrected chi connectivity index (χ0v) is 79.2. The van der Waals surface area contributed by atoms with E-state index in [1.54, 1.807) is 37.1 Å². The van der Waals surface area contributed by atoms with Crippen molar-refractivity contribution in [2.24, 2.45) is 23.7 Å². The van der Waals surface area contributed by atoms with Gasteiger partial charge in [-0.3, -0.25) is 19.3 Å². The Kier molecular flexibility index (Phi) is 29.8. The lowest BCUT2D eigenvalue weighted by Gasteiger charge is -2.32. The largest absolute Gasteiger partial charge is 0.488 e. The molecular weight excluding hydrogens is 1730 g/mol. The number of ether oxygens (including phenoxy) is 11. The maximum Gasteiger partial charge on any atom is 0.410 e. The van der Waals surface area contributed by atoms with E-state index in [2.05, 4.69) is 119 Å². The number of rotatable bonds is 24. The second-order valence-electron chi connectivity index (χ2n) is 36.8. The predicted octanol–water partition coefficient (Wildman–Crippen LogP) is 14.3. The van der Waals surface area contributed by atoms with Gasteiger partial charge >= 0.3 is 36.4 Å². The molecule has 10 aromatic rings. The highest BCUT2D eigenvalue weighted by molar-refractivity contribution is 6.08. The van der Waals surface area contributed by atoms with Gasteiger partial charge in [0.2, 0.25) is 17.7 Å². The maximum absolute atomic E-state index is 14.0. The normalized spacial score (nSPS) is 20.2. The number of carbonyl (C=O) groups is 9. The molecule has 134 heavy (non-hydrogen) atoms. The number of aromatic amines is 4. The van der Waals surface area contributed by atoms with Crippen LogP contribution in [0.2, 0.25) is 0 Å². The van der Waals surface area contributed by atoms with E-state index in [-0.39, 0.29) is 83.7 Å². The first-order valence-corrected chi connectivity index (χ1v) is 45.2. The quantitative estimate of drug-likeness (QED) is 0.0254. The highest BCUT2D eigenvalue weighted by Gasteiger charge is 2.47. The monoisotopic (exact) mass is 1850 g/mol. The van der Waals surface area contributed by atoms with Crippen molar-refractivity contribution in [3.05, 3.63) is 132 Å². The lowest BCUT2D eigenvalue weighted by atomic mass is 9.92. The number of nitrogens with zero attached hydrogens (tertiary/aromatic N) is 8. The Hall–Kier alpha value is -13.1. The van der Waals surface area contributed by atoms with Gasteiger partial charge in [0.25, 0.3) is 0 Å². The fourth-order valence-corrected chi connectivity index (χ4v) is 19.0. The molecule has 4 fully saturated rings. The number of methoxy groups -OCH3 is 8. The minimum Gasteiger partial charge on any atom is -0.488 e. The molecule has 8 amide bonds. The van der Waals surface area contributed by atoms with E-state index in [9.17, 15) is 43.2 Å². The molecule has 0 saturated carbocycles. The summed E-state index contributed by atoms with van der Waals surface area (Å²) >= 11 is 0. The molecule has 9 N–H and O–H groups in total. The molecule has 6 aliphatic rings. The average Bonchev–Trinajstić information content (AvgIpc) is 1.43. The van der Waals surface area contributed by atoms with Gasteiger partial charge in [-0.15, -0.1) is 0 Å². The fourth-order valence-electron chi connectivity index (χ4n) is 19.0. The standard InChI is InChI=1S/C46H56N8O9.C44H53N7O7.C7H13NO5/c1-23(2)38(51-45(57)61-7)44(56)54-24(3)9-14-35(54)42-48-33-13-11-27-17-32-30-12-10-28(16-29(30)22-63-37(32)18-31(27)40(33)50-42)34-19-47-41(49-34)36-15-26(21-59-5)20-53(36)43(55)39(25(4)60-6)52-46(58)62-8;1-23(2)37(49-42(53)56-8)41(52)51-24(3)9-14-34(51)40-46-32-13-11-26-17-31-29-12-10-27(16-28(29)22-57-36(31)18-30(26)38(32)48-40)33-19-45-39(47-33)35-15-25(21-55-7)20-50(35)43(54)58-44(4,5)6;1-4(12-2)5(6(9)10)8-7(11)13-3/h10-13,16-19,23-26,35-36,38-39H,9,14-15,20-22H2,1-8H3,(H,47,49)(H,48,50)(H,51,57)(H,52,58);10-13,16-19,23-25,34-35,37H,9,14-15,20-22H2,1-8H3,(H,45,47)(H,46,48)(H,49,53);4-5H,1-3H3,(H,8,11)(H,9,10)/t24-,25?,26-,35-,36?,38-,39-;24-,25-,34-,35?,37-;4-,5?/m001/s1. The predicted molar refractivity (Wildman–Crippen MR) is 496 cm³/mol. The van der Waals surface area contributed by atoms with Crippen molar-refractivity contribution in [3.63, 3.8) is 0 Å². The Labute approximate surface area is 776 Å². The first kappa shape index (κ1) is 96.9. The number of likely N-dealkylation sites (tertiary alicyclic amines) is 4. The van der Waals surface area contributed by atoms with Crippen LogP contribution in [-0.2, 0) is 75.0 Å². The number of aliphatic carboxylic acids is 1. The summed E-state index contributed by atoms with van der Waals surface area (Å²) in [6.45, 7) is 23.3. The molecule has 37 nitrogen and oxygen atoms in total. The minimum atomic E-state index is -1.17. The number of hydrogen-bond acceptors (Lipinski definition) is 24. The van der Waals surface area contributed by atoms with Gasteiger partial charge in [-0.1, -0.05) is 64.1 Å². The van der Waals surface area contributed by atoms with Crippen molar-refractivity contribution in [2.75, 3.05) is 83.2 Å². The molecule has 0 spiro atoms. The summed E-state index contributed by atoms with van der Waals surface area (Å²) in [5.74, 6) is 2.52. The van der Waals surface area contributed by atoms with Crippen LogP contribution in [0.5, 0.6) is 11.5 Å². The number of hydrogen-bond donors (Lipinski definition) is 9. The number of imidazole rings is 4. The Bertz CT molecular complexity index is 6020. The number of carboxylic acid groups (broad SMARTS) is 1. The molecule has 4 saturated heterocycles. The van der Waals surface area contributed by atoms with Crippen LogP contribution in [0, 0.1) is 23.7 Å². The van der Waals surface area contributed by atoms with E-state index >= 15 is 0 Å². The third-order valence-corrected chi connectivity index (χ3v) is 26.1. The van der Waals surface area contributed by atoms with Crippen molar-refractivity contribution in [1.82, 2.24) is 80.7 Å². The lowest BCUT2D eigenvalue weighted by Crippen LogP contribution is -2.54. The number of carboxylic acids is 1. The fraction of sp³-hybridized carbons (Fsp3) is 0.495. The highest BCUT2D eigenvalue weighted by Crippen LogP contribution is 2.48. The molecule has 716 valence electrons. The van der Waals surface area contributed by atoms with Crippen LogP contribution in [0.3, 0.4) is 0 Å². The van der Waals surface area contributed by atoms with Gasteiger partial charge in [0, 0.05) is 87.3 Å². The van der Waals surface area contributed by atoms with E-state index in [0.717, 1.165) is 162 Å². The number of aromatic nitrogens is 8. The Balaban J connectivity index is 0.000000190. The third-order valence-electron chi connectivity index (χ3n) is 26.1. The molecular formula is C97H122N16O21. The van der Waals surface area contributed by atoms with Crippen LogP contribution >= 0.6 is 0 Å². The van der Waals surface area contributed by atoms with Gasteiger partial charge in [0.05, 0.1) is 124 Å². The second kappa shape index (κ2) is 41.2. The Morgan fingerprint density at radius 3 is 1.27 bits per heavy atom. The Morgan fingerprint density at radius 1 is 0.470 bits per heavy atom. The van der Waals surface area contributed by atoms with Crippen LogP contribution in [0.25, 0.3) is 88.4 Å². The highest BCUT2D eigenvalue weighted by atomic mass is 16.6. The first-order chi connectivity index (χ1) is 64.1. The smallest absolute Gasteiger partial charge is 0.410 e. The summed E-state index contributed by atoms with van der Waals surface area (Å²) in [6, 6.07) is 24.5. The van der Waals surface area contributed by atoms with Crippen molar-refractivity contribution < 1.29 is 100 Å². The summed E-state index contributed by atoms with van der Waals surface area (Å²) in [4.78, 5) is 154. The molecule has 0 bridgehead atoms. The van der Waals surface area contributed by atoms with Gasteiger partial charge in [-0.05, 0) is 192 Å². The molecule has 16 rings (SSSR count). The van der Waals surface area contributed by atoms with E-state index in [1.807, 2.05) is 90.4 Å². The first-order valence-electron chi connectivity index (χ1n) is 45.2. The Morgan fingerprint density at radius 2 is 0.873 bits per heavy atom. The van der Waals surface area contributed by atoms with Gasteiger partial charge < -0.3 is 113 Å². The van der Waals surface area contributed by atoms with E-state index < -0.39 is 72.3 Å². The molecule has 14 atom stereocenters. The number of carbonyl (C=O) groups excluding carboxylic acids is 8. The van der Waals surface area contributed by atoms with Crippen molar-refractivity contribution in [3.8, 4) is 56.3 Å². The summed E-state index contributed by atoms with van der Waals surface area (Å²) in [7, 11) is 11.2. The van der Waals surface area contributed by atoms with E-state index in [0.29, 0.717) is 57.6 Å². The SMILES string of the molecule is COC(=O)NC(C(=O)O)[C@@H](C)OC.COC[C@H]1CC(c2ncc(-c3ccc4c(c3)COc3cc5c(ccc6[nH]c([C@@H]7CC[C@H](C)N7C(=O)[C@@H](NC(=O)OC)C(C)C)nc65)cc3-4)[nH]2)N(C(=O)OC(C)(C)C)C1.COC[C@H]1CC(c2ncc(-c3ccc4c(c3)COc3cc5c(ccc6[nH]c([C@@H]7CC[C@H](C)N7C(=O)[C@@H](NC(=O)OC)C(C)C)nc65)cc3-4)[nH]2)N(C(=O)[C@@H](NC(=O)OC)C(C)OC)C1. The summed E-state index contributed by atoms with van der Waals surface area (Å²) in [6.07, 6.45) is 3.73. The summed E-state index contributed by atoms with van der Waals surface area (Å²) < 4.78 is 58.5. The number of H-pyrrole nitrogens is 4. The van der Waals surface area contributed by atoms with Gasteiger partial charge in [-0.25, -0.2) is 48.7 Å². The van der Waals surface area contributed by atoms with Crippen LogP contribution in [0.15, 0.2) is 97.3 Å². The molecule has 4 aromatic heterocycles. The summed E-state index contributed by atoms with van der Waals surface area (Å²) in [5.41, 5.74) is 12.5. The minimum absolute atomic E-state index is 0.0184. The van der Waals surface area contributed by atoms with Crippen LogP contribution in [0.1, 0.15) is 173 Å². The lowest BCUT2D eigenvalue weighted by molar-refractivity contribution is -0.143. The second-order valence-corrected chi connectivity index (χ2v) is 36.8. The molecule has 6 aliphatic heterocycles. The van der Waals surface area contributed by atoms with Crippen molar-refractivity contribution in [1.29, 1.82) is 0 Å². The molecule has 10 heterocycles. The number of amides is 8. The number of alkyl carbamates (subject to hydrolysis) is 4. The van der Waals surface area contributed by atoms with Crippen LogP contribution in [0.4, 0.5) is 24.0 Å². The molecule has 4 unspecified atom stereocenters. The van der Waals surface area contributed by atoms with Gasteiger partial charge in [0.15, 0.2) is 6.04 Å². The molecule has 37 heteroatoms. The van der Waals surface area contributed by atoms with Gasteiger partial charge in [0.1, 0.15) is 71.7 Å². The van der Waals surface area contributed by atoms with Crippen LogP contribution in [-0.4, -0.2) is 256 Å². The maximum atomic E-state index is 14.0. The molecule has 6 aromatic carbocycles. The van der Waals surface area contributed by atoms with Crippen molar-refractivity contribution in [2.45, 2.75) is 206 Å². The van der Waals surface area contributed by atoms with Crippen LogP contribution < -0.4 is 30.7 Å². The molecule has 0 aliphatic carbocycles. The van der Waals surface area contributed by atoms with E-state index in [1.165, 1.54) is 42.5 Å². The van der Waals surface area contributed by atoms with Crippen molar-refractivity contribution >= 4 is 97.8 Å². The molecule has 0 radical (unpaired) electrons. The zero-order valence-electron chi connectivity index (χ0n) is 79.2. The third kappa shape index (κ3) is 20.5. The van der Waals surface area contributed by atoms with E-state index in [4.69, 9.17) is 72.4 Å². The van der Waals surface area contributed by atoms with Gasteiger partial charge in [-0.2, -0.15) is 0 Å².